The minimum atomic E-state index is -3.63. The van der Waals surface area contributed by atoms with Gasteiger partial charge in [0.1, 0.15) is 0 Å². The fourth-order valence-corrected chi connectivity index (χ4v) is 3.56. The molecular formula is C20H21NO6S. The molecule has 0 saturated heterocycles. The molecule has 8 heteroatoms. The van der Waals surface area contributed by atoms with Gasteiger partial charge in [-0.15, -0.1) is 0 Å². The average Bonchev–Trinajstić information content (AvgIpc) is 2.68. The number of carbonyl (C=O) groups excluding carboxylic acids is 3. The molecule has 0 saturated carbocycles. The van der Waals surface area contributed by atoms with Gasteiger partial charge in [-0.2, -0.15) is 0 Å². The van der Waals surface area contributed by atoms with Gasteiger partial charge in [0, 0.05) is 5.56 Å². The number of Topliss-reactive ketones (excluding diaryl/α,β-unsaturated/α-hetero) is 1. The quantitative estimate of drug-likeness (QED) is 0.563. The normalized spacial score (nSPS) is 12.1. The Bertz CT molecular complexity index is 1010. The maximum absolute atomic E-state index is 12.4. The van der Waals surface area contributed by atoms with E-state index in [-0.39, 0.29) is 22.0 Å². The van der Waals surface area contributed by atoms with Crippen molar-refractivity contribution < 1.29 is 27.5 Å². The van der Waals surface area contributed by atoms with Crippen LogP contribution in [-0.2, 0) is 19.4 Å². The van der Waals surface area contributed by atoms with E-state index in [0.717, 1.165) is 0 Å². The first kappa shape index (κ1) is 21.3. The number of anilines is 1. The number of esters is 1. The lowest BCUT2D eigenvalue weighted by molar-refractivity contribution is -0.123. The van der Waals surface area contributed by atoms with Gasteiger partial charge in [-0.3, -0.25) is 9.59 Å². The number of rotatable bonds is 7. The zero-order chi connectivity index (χ0) is 20.9. The van der Waals surface area contributed by atoms with E-state index in [4.69, 9.17) is 4.74 Å². The number of benzene rings is 2. The van der Waals surface area contributed by atoms with Crippen molar-refractivity contribution in [3.05, 3.63) is 59.7 Å². The number of ketones is 1. The molecule has 148 valence electrons. The molecule has 1 amide bonds. The number of hydrogen-bond acceptors (Lipinski definition) is 6. The van der Waals surface area contributed by atoms with Gasteiger partial charge in [-0.05, 0) is 38.1 Å². The summed E-state index contributed by atoms with van der Waals surface area (Å²) in [6.45, 7) is 4.21. The van der Waals surface area contributed by atoms with E-state index in [0.29, 0.717) is 11.3 Å². The summed E-state index contributed by atoms with van der Waals surface area (Å²) in [4.78, 5) is 36.3. The fourth-order valence-electron chi connectivity index (χ4n) is 2.47. The second kappa shape index (κ2) is 8.79. The average molecular weight is 403 g/mol. The zero-order valence-electron chi connectivity index (χ0n) is 15.8. The molecule has 0 unspecified atom stereocenters. The van der Waals surface area contributed by atoms with Crippen LogP contribution in [0.2, 0.25) is 0 Å². The van der Waals surface area contributed by atoms with Crippen LogP contribution in [0, 0.1) is 0 Å². The van der Waals surface area contributed by atoms with Crippen molar-refractivity contribution >= 4 is 33.2 Å². The minimum absolute atomic E-state index is 0.131. The molecule has 2 aromatic rings. The maximum atomic E-state index is 12.4. The Kier molecular flexibility index (Phi) is 6.69. The van der Waals surface area contributed by atoms with Crippen LogP contribution >= 0.6 is 0 Å². The van der Waals surface area contributed by atoms with E-state index in [1.807, 2.05) is 0 Å². The molecule has 0 radical (unpaired) electrons. The number of carbonyl (C=O) groups is 3. The molecule has 0 bridgehead atoms. The first-order chi connectivity index (χ1) is 13.2. The van der Waals surface area contributed by atoms with E-state index in [1.165, 1.54) is 45.0 Å². The van der Waals surface area contributed by atoms with Crippen LogP contribution in [-0.4, -0.2) is 37.9 Å². The van der Waals surface area contributed by atoms with Crippen LogP contribution < -0.4 is 5.32 Å². The highest BCUT2D eigenvalue weighted by Crippen LogP contribution is 2.20. The first-order valence-corrected chi connectivity index (χ1v) is 10.3. The highest BCUT2D eigenvalue weighted by atomic mass is 32.2. The van der Waals surface area contributed by atoms with Gasteiger partial charge in [0.05, 0.1) is 21.9 Å². The molecule has 0 heterocycles. The molecule has 0 spiro atoms. The first-order valence-electron chi connectivity index (χ1n) is 8.61. The highest BCUT2D eigenvalue weighted by molar-refractivity contribution is 7.91. The Hall–Kier alpha value is -3.00. The maximum Gasteiger partial charge on any atom is 0.340 e. The lowest BCUT2D eigenvalue weighted by Gasteiger charge is -2.16. The monoisotopic (exact) mass is 403 g/mol. The topological polar surface area (TPSA) is 107 Å². The predicted octanol–water partition coefficient (Wildman–Crippen LogP) is 2.87. The van der Waals surface area contributed by atoms with Crippen molar-refractivity contribution in [2.45, 2.75) is 31.8 Å². The van der Waals surface area contributed by atoms with Crippen molar-refractivity contribution in [2.24, 2.45) is 0 Å². The van der Waals surface area contributed by atoms with Crippen molar-refractivity contribution in [1.82, 2.24) is 0 Å². The van der Waals surface area contributed by atoms with Crippen LogP contribution in [0.15, 0.2) is 53.4 Å². The van der Waals surface area contributed by atoms with Crippen molar-refractivity contribution in [3.8, 4) is 0 Å². The summed E-state index contributed by atoms with van der Waals surface area (Å²) in [5.74, 6) is -1.96. The van der Waals surface area contributed by atoms with Gasteiger partial charge in [0.2, 0.25) is 0 Å². The van der Waals surface area contributed by atoms with Gasteiger partial charge in [-0.1, -0.05) is 31.2 Å². The van der Waals surface area contributed by atoms with Crippen LogP contribution in [0.3, 0.4) is 0 Å². The second-order valence-electron chi connectivity index (χ2n) is 6.04. The summed E-state index contributed by atoms with van der Waals surface area (Å²) in [7, 11) is -3.63. The summed E-state index contributed by atoms with van der Waals surface area (Å²) in [6, 6.07) is 12.1. The van der Waals surface area contributed by atoms with Gasteiger partial charge < -0.3 is 10.1 Å². The zero-order valence-corrected chi connectivity index (χ0v) is 16.6. The van der Waals surface area contributed by atoms with Crippen molar-refractivity contribution in [1.29, 1.82) is 0 Å². The molecule has 0 aliphatic rings. The van der Waals surface area contributed by atoms with Gasteiger partial charge in [0.15, 0.2) is 21.7 Å². The number of para-hydroxylation sites is 1. The smallest absolute Gasteiger partial charge is 0.340 e. The SMILES string of the molecule is CCS(=O)(=O)c1ccccc1C(=O)O[C@H](C)C(=O)Nc1ccccc1C(C)=O. The molecule has 2 aromatic carbocycles. The van der Waals surface area contributed by atoms with Crippen molar-refractivity contribution in [2.75, 3.05) is 11.1 Å². The summed E-state index contributed by atoms with van der Waals surface area (Å²) in [5, 5.41) is 2.55. The molecule has 7 nitrogen and oxygen atoms in total. The number of hydrogen-bond donors (Lipinski definition) is 1. The minimum Gasteiger partial charge on any atom is -0.449 e. The fraction of sp³-hybridized carbons (Fsp3) is 0.250. The van der Waals surface area contributed by atoms with Gasteiger partial charge in [-0.25, -0.2) is 13.2 Å². The summed E-state index contributed by atoms with van der Waals surface area (Å²) >= 11 is 0. The highest BCUT2D eigenvalue weighted by Gasteiger charge is 2.25. The molecule has 28 heavy (non-hydrogen) atoms. The van der Waals surface area contributed by atoms with Crippen molar-refractivity contribution in [3.63, 3.8) is 0 Å². The van der Waals surface area contributed by atoms with Gasteiger partial charge >= 0.3 is 5.97 Å². The Labute approximate surface area is 163 Å². The predicted molar refractivity (Wildman–Crippen MR) is 104 cm³/mol. The van der Waals surface area contributed by atoms with E-state index in [2.05, 4.69) is 5.32 Å². The summed E-state index contributed by atoms with van der Waals surface area (Å²) in [6.07, 6.45) is -1.20. The summed E-state index contributed by atoms with van der Waals surface area (Å²) in [5.41, 5.74) is 0.499. The number of ether oxygens (including phenoxy) is 1. The Morgan fingerprint density at radius 1 is 1.00 bits per heavy atom. The molecular weight excluding hydrogens is 382 g/mol. The molecule has 0 aliphatic carbocycles. The molecule has 0 fully saturated rings. The number of sulfone groups is 1. The standard InChI is InChI=1S/C20H21NO6S/c1-4-28(25,26)18-12-8-6-10-16(18)20(24)27-14(3)19(23)21-17-11-7-5-9-15(17)13(2)22/h5-12,14H,4H2,1-3H3,(H,21,23)/t14-/m1/s1. The third-order valence-electron chi connectivity index (χ3n) is 4.04. The Balaban J connectivity index is 2.18. The van der Waals surface area contributed by atoms with E-state index in [1.54, 1.807) is 24.3 Å². The Morgan fingerprint density at radius 3 is 2.18 bits per heavy atom. The Morgan fingerprint density at radius 2 is 1.57 bits per heavy atom. The van der Waals surface area contributed by atoms with Crippen LogP contribution in [0.4, 0.5) is 5.69 Å². The molecule has 0 aliphatic heterocycles. The van der Waals surface area contributed by atoms with Crippen LogP contribution in [0.25, 0.3) is 0 Å². The molecule has 2 rings (SSSR count). The number of nitrogens with one attached hydrogen (secondary N) is 1. The molecule has 1 N–H and O–H groups in total. The van der Waals surface area contributed by atoms with E-state index in [9.17, 15) is 22.8 Å². The lowest BCUT2D eigenvalue weighted by Crippen LogP contribution is -2.31. The van der Waals surface area contributed by atoms with Crippen LogP contribution in [0.1, 0.15) is 41.5 Å². The van der Waals surface area contributed by atoms with E-state index >= 15 is 0 Å². The molecule has 0 aromatic heterocycles. The lowest BCUT2D eigenvalue weighted by atomic mass is 10.1. The third kappa shape index (κ3) is 4.83. The molecule has 1 atom stereocenters. The van der Waals surface area contributed by atoms with E-state index < -0.39 is 27.8 Å². The number of amides is 1. The van der Waals surface area contributed by atoms with Crippen LogP contribution in [0.5, 0.6) is 0 Å². The second-order valence-corrected chi connectivity index (χ2v) is 8.28. The third-order valence-corrected chi connectivity index (χ3v) is 5.83. The summed E-state index contributed by atoms with van der Waals surface area (Å²) < 4.78 is 29.5. The van der Waals surface area contributed by atoms with Gasteiger partial charge in [0.25, 0.3) is 5.91 Å². The largest absolute Gasteiger partial charge is 0.449 e.